The molecule has 0 aromatic heterocycles. The molecule has 114 valence electrons. The van der Waals surface area contributed by atoms with Crippen molar-refractivity contribution in [1.29, 1.82) is 0 Å². The van der Waals surface area contributed by atoms with Crippen LogP contribution >= 0.6 is 0 Å². The van der Waals surface area contributed by atoms with Gasteiger partial charge in [0.05, 0.1) is 11.0 Å². The van der Waals surface area contributed by atoms with Crippen LogP contribution in [0.5, 0.6) is 0 Å². The van der Waals surface area contributed by atoms with Crippen molar-refractivity contribution >= 4 is 9.84 Å². The fraction of sp³-hybridized carbons (Fsp3) is 1.00. The molecule has 4 unspecified atom stereocenters. The third-order valence-corrected chi connectivity index (χ3v) is 7.12. The van der Waals surface area contributed by atoms with E-state index < -0.39 is 9.84 Å². The number of nitrogens with one attached hydrogen (secondary N) is 1. The van der Waals surface area contributed by atoms with Crippen LogP contribution in [0.3, 0.4) is 0 Å². The summed E-state index contributed by atoms with van der Waals surface area (Å²) in [7, 11) is -1.07. The molecule has 0 radical (unpaired) electrons. The van der Waals surface area contributed by atoms with E-state index in [2.05, 4.69) is 19.2 Å². The number of hydrogen-bond donors (Lipinski definition) is 1. The molecule has 1 fully saturated rings. The fourth-order valence-electron chi connectivity index (χ4n) is 3.25. The summed E-state index contributed by atoms with van der Waals surface area (Å²) >= 11 is 0. The molecule has 19 heavy (non-hydrogen) atoms. The summed E-state index contributed by atoms with van der Waals surface area (Å²) in [5, 5.41) is 3.07. The van der Waals surface area contributed by atoms with E-state index in [1.807, 2.05) is 14.0 Å². The molecule has 1 aliphatic carbocycles. The van der Waals surface area contributed by atoms with E-state index in [1.165, 1.54) is 12.8 Å². The first-order valence-electron chi connectivity index (χ1n) is 7.83. The van der Waals surface area contributed by atoms with E-state index in [0.717, 1.165) is 25.7 Å². The molecule has 4 atom stereocenters. The van der Waals surface area contributed by atoms with Gasteiger partial charge in [-0.3, -0.25) is 0 Å². The van der Waals surface area contributed by atoms with Crippen molar-refractivity contribution in [2.75, 3.05) is 12.8 Å². The zero-order valence-corrected chi connectivity index (χ0v) is 13.8. The van der Waals surface area contributed by atoms with Crippen molar-refractivity contribution in [3.8, 4) is 0 Å². The van der Waals surface area contributed by atoms with Gasteiger partial charge in [-0.15, -0.1) is 0 Å². The highest BCUT2D eigenvalue weighted by atomic mass is 32.2. The van der Waals surface area contributed by atoms with Gasteiger partial charge >= 0.3 is 0 Å². The molecule has 0 aromatic rings. The second-order valence-electron chi connectivity index (χ2n) is 6.24. The maximum absolute atomic E-state index is 12.6. The van der Waals surface area contributed by atoms with Crippen LogP contribution in [0.15, 0.2) is 0 Å². The molecule has 1 N–H and O–H groups in total. The van der Waals surface area contributed by atoms with E-state index in [1.54, 1.807) is 0 Å². The van der Waals surface area contributed by atoms with Crippen LogP contribution in [-0.2, 0) is 9.84 Å². The van der Waals surface area contributed by atoms with Crippen molar-refractivity contribution in [3.63, 3.8) is 0 Å². The smallest absolute Gasteiger partial charge is 0.154 e. The number of hydrogen-bond acceptors (Lipinski definition) is 3. The number of sulfone groups is 1. The molecule has 4 heteroatoms. The topological polar surface area (TPSA) is 46.2 Å². The Hall–Kier alpha value is -0.0900. The molecular formula is C15H31NO2S. The third kappa shape index (κ3) is 4.75. The minimum absolute atomic E-state index is 0.155. The Morgan fingerprint density at radius 1 is 1.26 bits per heavy atom. The first kappa shape index (κ1) is 17.0. The summed E-state index contributed by atoms with van der Waals surface area (Å²) in [6.07, 6.45) is 6.31. The molecule has 3 nitrogen and oxygen atoms in total. The van der Waals surface area contributed by atoms with Crippen LogP contribution < -0.4 is 5.32 Å². The van der Waals surface area contributed by atoms with Gasteiger partial charge in [0.15, 0.2) is 9.84 Å². The van der Waals surface area contributed by atoms with Gasteiger partial charge in [0, 0.05) is 6.04 Å². The van der Waals surface area contributed by atoms with Gasteiger partial charge < -0.3 is 5.32 Å². The zero-order chi connectivity index (χ0) is 14.5. The quantitative estimate of drug-likeness (QED) is 0.783. The molecule has 1 aliphatic rings. The van der Waals surface area contributed by atoms with Crippen LogP contribution in [-0.4, -0.2) is 32.5 Å². The van der Waals surface area contributed by atoms with Crippen LogP contribution in [0.1, 0.15) is 59.3 Å². The first-order valence-corrected chi connectivity index (χ1v) is 9.54. The van der Waals surface area contributed by atoms with E-state index >= 15 is 0 Å². The number of rotatable bonds is 7. The summed E-state index contributed by atoms with van der Waals surface area (Å²) in [5.74, 6) is 1.23. The predicted octanol–water partition coefficient (Wildman–Crippen LogP) is 3.00. The maximum atomic E-state index is 12.6. The van der Waals surface area contributed by atoms with E-state index in [0.29, 0.717) is 11.7 Å². The van der Waals surface area contributed by atoms with Gasteiger partial charge in [-0.05, 0) is 38.1 Å². The molecule has 0 aliphatic heterocycles. The van der Waals surface area contributed by atoms with Crippen molar-refractivity contribution in [2.24, 2.45) is 11.8 Å². The summed E-state index contributed by atoms with van der Waals surface area (Å²) in [6, 6.07) is 0.155. The Balaban J connectivity index is 2.79. The lowest BCUT2D eigenvalue weighted by atomic mass is 9.83. The molecule has 0 saturated heterocycles. The molecule has 0 heterocycles. The van der Waals surface area contributed by atoms with E-state index in [9.17, 15) is 8.42 Å². The summed E-state index contributed by atoms with van der Waals surface area (Å²) < 4.78 is 25.3. The van der Waals surface area contributed by atoms with Crippen LogP contribution in [0.25, 0.3) is 0 Å². The van der Waals surface area contributed by atoms with Crippen molar-refractivity contribution in [2.45, 2.75) is 70.6 Å². The average Bonchev–Trinajstić information content (AvgIpc) is 2.38. The predicted molar refractivity (Wildman–Crippen MR) is 82.1 cm³/mol. The Bertz CT molecular complexity index is 353. The summed E-state index contributed by atoms with van der Waals surface area (Å²) in [5.41, 5.74) is 0. The Morgan fingerprint density at radius 2 is 1.95 bits per heavy atom. The van der Waals surface area contributed by atoms with Crippen LogP contribution in [0.4, 0.5) is 0 Å². The summed E-state index contributed by atoms with van der Waals surface area (Å²) in [4.78, 5) is 0. The minimum Gasteiger partial charge on any atom is -0.316 e. The molecule has 0 spiro atoms. The van der Waals surface area contributed by atoms with Gasteiger partial charge in [-0.2, -0.15) is 0 Å². The molecular weight excluding hydrogens is 258 g/mol. The van der Waals surface area contributed by atoms with E-state index in [4.69, 9.17) is 0 Å². The third-order valence-electron chi connectivity index (χ3n) is 4.64. The normalized spacial score (nSPS) is 30.2. The van der Waals surface area contributed by atoms with Gasteiger partial charge in [0.1, 0.15) is 0 Å². The van der Waals surface area contributed by atoms with Crippen molar-refractivity contribution in [1.82, 2.24) is 5.32 Å². The minimum atomic E-state index is -2.97. The standard InChI is InChI=1S/C15H31NO2S/c1-5-7-13-8-9-14(16-4)15(10-13)19(17,18)11-12(3)6-2/h12-16H,5-11H2,1-4H3. The Morgan fingerprint density at radius 3 is 2.47 bits per heavy atom. The van der Waals surface area contributed by atoms with Crippen molar-refractivity contribution in [3.05, 3.63) is 0 Å². The second-order valence-corrected chi connectivity index (χ2v) is 8.51. The maximum Gasteiger partial charge on any atom is 0.154 e. The highest BCUT2D eigenvalue weighted by Gasteiger charge is 2.38. The second kappa shape index (κ2) is 7.63. The lowest BCUT2D eigenvalue weighted by Crippen LogP contribution is -2.48. The highest BCUT2D eigenvalue weighted by Crippen LogP contribution is 2.32. The molecule has 0 amide bonds. The monoisotopic (exact) mass is 289 g/mol. The van der Waals surface area contributed by atoms with Gasteiger partial charge in [-0.1, -0.05) is 40.0 Å². The van der Waals surface area contributed by atoms with Gasteiger partial charge in [0.2, 0.25) is 0 Å². The molecule has 0 aromatic carbocycles. The average molecular weight is 289 g/mol. The van der Waals surface area contributed by atoms with Crippen molar-refractivity contribution < 1.29 is 8.42 Å². The van der Waals surface area contributed by atoms with Gasteiger partial charge in [0.25, 0.3) is 0 Å². The Kier molecular flexibility index (Phi) is 6.81. The SMILES string of the molecule is CCCC1CCC(NC)C(S(=O)(=O)CC(C)CC)C1. The largest absolute Gasteiger partial charge is 0.316 e. The summed E-state index contributed by atoms with van der Waals surface area (Å²) in [6.45, 7) is 6.29. The Labute approximate surface area is 119 Å². The molecule has 0 bridgehead atoms. The molecule has 1 rings (SSSR count). The molecule has 1 saturated carbocycles. The first-order chi connectivity index (χ1) is 8.94. The zero-order valence-electron chi connectivity index (χ0n) is 13.0. The van der Waals surface area contributed by atoms with E-state index in [-0.39, 0.29) is 17.2 Å². The highest BCUT2D eigenvalue weighted by molar-refractivity contribution is 7.92. The lowest BCUT2D eigenvalue weighted by molar-refractivity contribution is 0.287. The fourth-order valence-corrected chi connectivity index (χ4v) is 5.86. The van der Waals surface area contributed by atoms with Crippen LogP contribution in [0, 0.1) is 11.8 Å². The lowest BCUT2D eigenvalue weighted by Gasteiger charge is -2.36. The van der Waals surface area contributed by atoms with Gasteiger partial charge in [-0.25, -0.2) is 8.42 Å². The van der Waals surface area contributed by atoms with Crippen LogP contribution in [0.2, 0.25) is 0 Å².